The van der Waals surface area contributed by atoms with Crippen LogP contribution in [-0.2, 0) is 18.4 Å². The van der Waals surface area contributed by atoms with Crippen molar-refractivity contribution in [3.8, 4) is 0 Å². The maximum Gasteiger partial charge on any atom is 0.337 e. The lowest BCUT2D eigenvalue weighted by atomic mass is 9.84. The van der Waals surface area contributed by atoms with Gasteiger partial charge in [0, 0.05) is 19.6 Å². The second-order valence-corrected chi connectivity index (χ2v) is 6.54. The highest BCUT2D eigenvalue weighted by Gasteiger charge is 2.34. The summed E-state index contributed by atoms with van der Waals surface area (Å²) in [5, 5.41) is 0. The Morgan fingerprint density at radius 3 is 2.25 bits per heavy atom. The van der Waals surface area contributed by atoms with Crippen molar-refractivity contribution >= 4 is 13.4 Å². The third-order valence-electron chi connectivity index (χ3n) is 2.62. The minimum Gasteiger partial charge on any atom is -0.312 e. The van der Waals surface area contributed by atoms with Gasteiger partial charge in [-0.05, 0) is 12.8 Å². The van der Waals surface area contributed by atoms with Crippen LogP contribution in [0.15, 0.2) is 12.7 Å². The van der Waals surface area contributed by atoms with E-state index in [1.165, 1.54) is 14.2 Å². The smallest absolute Gasteiger partial charge is 0.312 e. The second-order valence-electron chi connectivity index (χ2n) is 4.27. The molecule has 0 aliphatic rings. The molecule has 0 saturated carbocycles. The largest absolute Gasteiger partial charge is 0.337 e. The Bertz CT molecular complexity index is 288. The Balaban J connectivity index is 4.55. The molecule has 4 nitrogen and oxygen atoms in total. The molecule has 0 saturated heterocycles. The van der Waals surface area contributed by atoms with Gasteiger partial charge < -0.3 is 9.05 Å². The van der Waals surface area contributed by atoms with E-state index < -0.39 is 13.0 Å². The number of rotatable bonds is 8. The zero-order valence-electron chi connectivity index (χ0n) is 10.5. The minimum atomic E-state index is -3.24. The molecule has 0 N–H and O–H groups in total. The molecule has 0 aliphatic heterocycles. The summed E-state index contributed by atoms with van der Waals surface area (Å²) in [6.45, 7) is 7.27. The molecule has 0 bridgehead atoms. The van der Waals surface area contributed by atoms with Crippen LogP contribution in [-0.4, -0.2) is 26.2 Å². The summed E-state index contributed by atoms with van der Waals surface area (Å²) in [5.74, 6) is -0.110. The zero-order chi connectivity index (χ0) is 12.8. The Hall–Kier alpha value is -0.440. The first-order valence-electron chi connectivity index (χ1n) is 5.16. The van der Waals surface area contributed by atoms with Crippen LogP contribution in [0.4, 0.5) is 0 Å². The fraction of sp³-hybridized carbons (Fsp3) is 0.727. The van der Waals surface area contributed by atoms with E-state index in [0.717, 1.165) is 6.42 Å². The van der Waals surface area contributed by atoms with Crippen molar-refractivity contribution < 1.29 is 18.4 Å². The summed E-state index contributed by atoms with van der Waals surface area (Å²) in [5.41, 5.74) is -0.527. The molecular weight excluding hydrogens is 227 g/mol. The van der Waals surface area contributed by atoms with Crippen LogP contribution in [0.3, 0.4) is 0 Å². The van der Waals surface area contributed by atoms with Gasteiger partial charge in [0.15, 0.2) is 5.78 Å². The highest BCUT2D eigenvalue weighted by atomic mass is 31.2. The molecule has 0 amide bonds. The predicted molar refractivity (Wildman–Crippen MR) is 64.7 cm³/mol. The summed E-state index contributed by atoms with van der Waals surface area (Å²) < 4.78 is 21.3. The van der Waals surface area contributed by atoms with E-state index in [9.17, 15) is 9.36 Å². The third-order valence-corrected chi connectivity index (χ3v) is 4.41. The summed E-state index contributed by atoms with van der Waals surface area (Å²) in [7, 11) is -0.669. The van der Waals surface area contributed by atoms with Gasteiger partial charge in [-0.1, -0.05) is 19.9 Å². The molecule has 0 aliphatic carbocycles. The number of ketones is 1. The number of hydrogen-bond acceptors (Lipinski definition) is 4. The van der Waals surface area contributed by atoms with Crippen LogP contribution >= 0.6 is 7.60 Å². The first kappa shape index (κ1) is 15.6. The van der Waals surface area contributed by atoms with Crippen molar-refractivity contribution in [3.05, 3.63) is 12.7 Å². The number of allylic oxidation sites excluding steroid dienone is 1. The Morgan fingerprint density at radius 1 is 1.38 bits per heavy atom. The summed E-state index contributed by atoms with van der Waals surface area (Å²) >= 11 is 0. The van der Waals surface area contributed by atoms with Crippen molar-refractivity contribution in [1.82, 2.24) is 0 Å². The maximum absolute atomic E-state index is 11.9. The quantitative estimate of drug-likeness (QED) is 0.489. The number of carbonyl (C=O) groups excluding carboxylic acids is 1. The van der Waals surface area contributed by atoms with Crippen molar-refractivity contribution in [2.24, 2.45) is 5.41 Å². The van der Waals surface area contributed by atoms with Gasteiger partial charge in [0.2, 0.25) is 0 Å². The van der Waals surface area contributed by atoms with Crippen LogP contribution in [0.2, 0.25) is 0 Å². The van der Waals surface area contributed by atoms with E-state index in [2.05, 4.69) is 6.58 Å². The van der Waals surface area contributed by atoms with E-state index in [1.807, 2.05) is 13.8 Å². The lowest BCUT2D eigenvalue weighted by Gasteiger charge is -2.24. The molecule has 0 aromatic carbocycles. The van der Waals surface area contributed by atoms with E-state index in [1.54, 1.807) is 6.08 Å². The fourth-order valence-electron chi connectivity index (χ4n) is 1.20. The Morgan fingerprint density at radius 2 is 1.88 bits per heavy atom. The van der Waals surface area contributed by atoms with Gasteiger partial charge in [-0.3, -0.25) is 9.36 Å². The van der Waals surface area contributed by atoms with Gasteiger partial charge >= 0.3 is 7.60 Å². The van der Waals surface area contributed by atoms with E-state index in [0.29, 0.717) is 6.42 Å². The summed E-state index contributed by atoms with van der Waals surface area (Å²) in [6.07, 6.45) is 3.02. The third kappa shape index (κ3) is 4.60. The molecular formula is C11H21O4P. The van der Waals surface area contributed by atoms with E-state index >= 15 is 0 Å². The molecule has 0 radical (unpaired) electrons. The van der Waals surface area contributed by atoms with Crippen LogP contribution in [0, 0.1) is 5.41 Å². The van der Waals surface area contributed by atoms with Crippen molar-refractivity contribution in [3.63, 3.8) is 0 Å². The lowest BCUT2D eigenvalue weighted by Crippen LogP contribution is -2.27. The number of carbonyl (C=O) groups is 1. The molecule has 0 aromatic rings. The Labute approximate surface area is 97.6 Å². The van der Waals surface area contributed by atoms with Gasteiger partial charge in [0.1, 0.15) is 6.16 Å². The molecule has 0 atom stereocenters. The number of hydrogen-bond donors (Lipinski definition) is 0. The molecule has 0 aromatic heterocycles. The average molecular weight is 248 g/mol. The molecule has 5 heteroatoms. The highest BCUT2D eigenvalue weighted by molar-refractivity contribution is 7.54. The first-order chi connectivity index (χ1) is 7.31. The van der Waals surface area contributed by atoms with Gasteiger partial charge in [0.25, 0.3) is 0 Å². The molecule has 94 valence electrons. The molecule has 16 heavy (non-hydrogen) atoms. The zero-order valence-corrected chi connectivity index (χ0v) is 11.4. The standard InChI is InChI=1S/C11H21O4P/c1-6-7-8-11(2,3)10(12)9-16(13,14-4)15-5/h6H,1,7-9H2,2-5H3. The van der Waals surface area contributed by atoms with Gasteiger partial charge in [0.05, 0.1) is 0 Å². The number of Topliss-reactive ketones (excluding diaryl/α,β-unsaturated/α-hetero) is 1. The molecule has 0 fully saturated rings. The lowest BCUT2D eigenvalue weighted by molar-refractivity contribution is -0.125. The molecule has 0 rings (SSSR count). The summed E-state index contributed by atoms with van der Waals surface area (Å²) in [4.78, 5) is 11.9. The maximum atomic E-state index is 11.9. The average Bonchev–Trinajstić information content (AvgIpc) is 2.26. The van der Waals surface area contributed by atoms with Gasteiger partial charge in [-0.15, -0.1) is 6.58 Å². The van der Waals surface area contributed by atoms with Crippen LogP contribution in [0.25, 0.3) is 0 Å². The molecule has 0 heterocycles. The predicted octanol–water partition coefficient (Wildman–Crippen LogP) is 3.03. The first-order valence-corrected chi connectivity index (χ1v) is 6.89. The SMILES string of the molecule is C=CCCC(C)(C)C(=O)CP(=O)(OC)OC. The normalized spacial score (nSPS) is 12.5. The second kappa shape index (κ2) is 6.33. The Kier molecular flexibility index (Phi) is 6.16. The van der Waals surface area contributed by atoms with Crippen LogP contribution in [0.5, 0.6) is 0 Å². The van der Waals surface area contributed by atoms with Crippen LogP contribution in [0.1, 0.15) is 26.7 Å². The van der Waals surface area contributed by atoms with Crippen molar-refractivity contribution in [2.45, 2.75) is 26.7 Å². The summed E-state index contributed by atoms with van der Waals surface area (Å²) in [6, 6.07) is 0. The monoisotopic (exact) mass is 248 g/mol. The van der Waals surface area contributed by atoms with Gasteiger partial charge in [-0.25, -0.2) is 0 Å². The van der Waals surface area contributed by atoms with Gasteiger partial charge in [-0.2, -0.15) is 0 Å². The van der Waals surface area contributed by atoms with Crippen molar-refractivity contribution in [2.75, 3.05) is 20.4 Å². The highest BCUT2D eigenvalue weighted by Crippen LogP contribution is 2.47. The molecule has 0 spiro atoms. The topological polar surface area (TPSA) is 52.6 Å². The van der Waals surface area contributed by atoms with Crippen molar-refractivity contribution in [1.29, 1.82) is 0 Å². The minimum absolute atomic E-state index is 0.110. The fourth-order valence-corrected chi connectivity index (χ4v) is 2.38. The molecule has 0 unspecified atom stereocenters. The van der Waals surface area contributed by atoms with E-state index in [4.69, 9.17) is 9.05 Å². The van der Waals surface area contributed by atoms with E-state index in [-0.39, 0.29) is 11.9 Å². The van der Waals surface area contributed by atoms with Crippen LogP contribution < -0.4 is 0 Å².